The zero-order valence-electron chi connectivity index (χ0n) is 7.11. The van der Waals surface area contributed by atoms with E-state index >= 15 is 0 Å². The Labute approximate surface area is 66.4 Å². The highest BCUT2D eigenvalue weighted by atomic mass is 19.3. The molecule has 1 fully saturated rings. The second-order valence-electron chi connectivity index (χ2n) is 3.35. The summed E-state index contributed by atoms with van der Waals surface area (Å²) in [4.78, 5) is 1.94. The smallest absolute Gasteiger partial charge is 0.252 e. The highest BCUT2D eigenvalue weighted by molar-refractivity contribution is 4.89. The number of alkyl halides is 2. The molecule has 0 spiro atoms. The summed E-state index contributed by atoms with van der Waals surface area (Å²) >= 11 is 0. The van der Waals surface area contributed by atoms with Gasteiger partial charge in [-0.2, -0.15) is 0 Å². The van der Waals surface area contributed by atoms with Gasteiger partial charge in [0.2, 0.25) is 0 Å². The van der Waals surface area contributed by atoms with Crippen LogP contribution < -0.4 is 0 Å². The van der Waals surface area contributed by atoms with Crippen molar-refractivity contribution >= 4 is 0 Å². The van der Waals surface area contributed by atoms with Crippen LogP contribution in [-0.2, 0) is 0 Å². The minimum absolute atomic E-state index is 0.0925. The second kappa shape index (κ2) is 3.05. The van der Waals surface area contributed by atoms with Crippen molar-refractivity contribution < 1.29 is 8.78 Å². The molecular weight excluding hydrogens is 148 g/mol. The minimum Gasteiger partial charge on any atom is -0.306 e. The van der Waals surface area contributed by atoms with Gasteiger partial charge < -0.3 is 4.90 Å². The van der Waals surface area contributed by atoms with E-state index in [0.717, 1.165) is 6.54 Å². The number of hydrogen-bond donors (Lipinski definition) is 0. The summed E-state index contributed by atoms with van der Waals surface area (Å²) in [6.45, 7) is 3.38. The maximum absolute atomic E-state index is 12.7. The van der Waals surface area contributed by atoms with Crippen molar-refractivity contribution in [1.82, 2.24) is 4.90 Å². The standard InChI is InChI=1S/C8H15F2N/c1-3-11(2)6-7-4-5-8(7,9)10/h7H,3-6H2,1-2H3. The average Bonchev–Trinajstić information content (AvgIpc) is 1.98. The Morgan fingerprint density at radius 2 is 2.18 bits per heavy atom. The van der Waals surface area contributed by atoms with E-state index in [1.807, 2.05) is 18.9 Å². The first-order chi connectivity index (χ1) is 5.06. The third-order valence-corrected chi connectivity index (χ3v) is 2.50. The van der Waals surface area contributed by atoms with E-state index in [9.17, 15) is 8.78 Å². The topological polar surface area (TPSA) is 3.24 Å². The molecule has 0 heterocycles. The molecule has 1 nitrogen and oxygen atoms in total. The molecule has 1 rings (SSSR count). The molecule has 0 radical (unpaired) electrons. The predicted molar refractivity (Wildman–Crippen MR) is 40.8 cm³/mol. The van der Waals surface area contributed by atoms with Gasteiger partial charge in [0.1, 0.15) is 0 Å². The molecule has 0 saturated heterocycles. The summed E-state index contributed by atoms with van der Waals surface area (Å²) in [6, 6.07) is 0. The molecule has 0 bridgehead atoms. The van der Waals surface area contributed by atoms with Crippen molar-refractivity contribution in [3.63, 3.8) is 0 Å². The van der Waals surface area contributed by atoms with Gasteiger partial charge in [0.25, 0.3) is 5.92 Å². The number of rotatable bonds is 3. The molecule has 0 aliphatic heterocycles. The van der Waals surface area contributed by atoms with Crippen molar-refractivity contribution in [1.29, 1.82) is 0 Å². The lowest BCUT2D eigenvalue weighted by molar-refractivity contribution is -0.138. The normalized spacial score (nSPS) is 28.6. The third-order valence-electron chi connectivity index (χ3n) is 2.50. The molecule has 1 aliphatic carbocycles. The minimum atomic E-state index is -2.37. The SMILES string of the molecule is CCN(C)CC1CCC1(F)F. The van der Waals surface area contributed by atoms with Gasteiger partial charge >= 0.3 is 0 Å². The van der Waals surface area contributed by atoms with Gasteiger partial charge in [0.05, 0.1) is 0 Å². The van der Waals surface area contributed by atoms with Crippen LogP contribution in [0.3, 0.4) is 0 Å². The Kier molecular flexibility index (Phi) is 2.47. The fraction of sp³-hybridized carbons (Fsp3) is 1.00. The van der Waals surface area contributed by atoms with E-state index in [0.29, 0.717) is 13.0 Å². The van der Waals surface area contributed by atoms with Gasteiger partial charge in [-0.15, -0.1) is 0 Å². The molecule has 0 aromatic rings. The van der Waals surface area contributed by atoms with E-state index in [1.165, 1.54) is 0 Å². The summed E-state index contributed by atoms with van der Waals surface area (Å²) < 4.78 is 25.3. The Bertz CT molecular complexity index is 136. The lowest BCUT2D eigenvalue weighted by Gasteiger charge is -2.38. The van der Waals surface area contributed by atoms with Crippen LogP contribution in [0, 0.1) is 5.92 Å². The molecule has 0 N–H and O–H groups in total. The van der Waals surface area contributed by atoms with E-state index in [-0.39, 0.29) is 12.3 Å². The summed E-state index contributed by atoms with van der Waals surface area (Å²) in [7, 11) is 1.88. The number of hydrogen-bond acceptors (Lipinski definition) is 1. The maximum atomic E-state index is 12.7. The summed E-state index contributed by atoms with van der Waals surface area (Å²) in [5.41, 5.74) is 0. The van der Waals surface area contributed by atoms with Crippen molar-refractivity contribution in [2.75, 3.05) is 20.1 Å². The number of nitrogens with zero attached hydrogens (tertiary/aromatic N) is 1. The van der Waals surface area contributed by atoms with Gasteiger partial charge in [0.15, 0.2) is 0 Å². The van der Waals surface area contributed by atoms with Gasteiger partial charge in [-0.1, -0.05) is 6.92 Å². The average molecular weight is 163 g/mol. The highest BCUT2D eigenvalue weighted by Crippen LogP contribution is 2.43. The Morgan fingerprint density at radius 1 is 1.55 bits per heavy atom. The Morgan fingerprint density at radius 3 is 2.45 bits per heavy atom. The van der Waals surface area contributed by atoms with E-state index in [2.05, 4.69) is 0 Å². The lowest BCUT2D eigenvalue weighted by atomic mass is 9.80. The molecule has 1 unspecified atom stereocenters. The molecule has 0 aromatic heterocycles. The fourth-order valence-corrected chi connectivity index (χ4v) is 1.30. The number of halogens is 2. The summed E-state index contributed by atoms with van der Waals surface area (Å²) in [5.74, 6) is -2.75. The van der Waals surface area contributed by atoms with Crippen molar-refractivity contribution in [2.24, 2.45) is 5.92 Å². The van der Waals surface area contributed by atoms with E-state index in [1.54, 1.807) is 0 Å². The molecule has 11 heavy (non-hydrogen) atoms. The third kappa shape index (κ3) is 1.89. The van der Waals surface area contributed by atoms with Crippen LogP contribution in [0.1, 0.15) is 19.8 Å². The van der Waals surface area contributed by atoms with E-state index < -0.39 is 5.92 Å². The van der Waals surface area contributed by atoms with Crippen LogP contribution in [0.5, 0.6) is 0 Å². The highest BCUT2D eigenvalue weighted by Gasteiger charge is 2.47. The maximum Gasteiger partial charge on any atom is 0.252 e. The van der Waals surface area contributed by atoms with Crippen molar-refractivity contribution in [2.45, 2.75) is 25.7 Å². The molecule has 1 saturated carbocycles. The molecule has 1 aliphatic rings. The van der Waals surface area contributed by atoms with Crippen LogP contribution >= 0.6 is 0 Å². The van der Waals surface area contributed by atoms with Crippen LogP contribution in [0.25, 0.3) is 0 Å². The zero-order chi connectivity index (χ0) is 8.48. The Hall–Kier alpha value is -0.180. The lowest BCUT2D eigenvalue weighted by Crippen LogP contribution is -2.45. The predicted octanol–water partition coefficient (Wildman–Crippen LogP) is 1.98. The monoisotopic (exact) mass is 163 g/mol. The first kappa shape index (κ1) is 8.91. The molecule has 0 amide bonds. The van der Waals surface area contributed by atoms with E-state index in [4.69, 9.17) is 0 Å². The van der Waals surface area contributed by atoms with Gasteiger partial charge in [0, 0.05) is 18.9 Å². The van der Waals surface area contributed by atoms with Gasteiger partial charge in [-0.3, -0.25) is 0 Å². The first-order valence-electron chi connectivity index (χ1n) is 4.12. The van der Waals surface area contributed by atoms with Crippen molar-refractivity contribution in [3.8, 4) is 0 Å². The van der Waals surface area contributed by atoms with Crippen LogP contribution in [0.2, 0.25) is 0 Å². The summed E-state index contributed by atoms with van der Waals surface area (Å²) in [6.07, 6.45) is 0.784. The molecule has 0 aromatic carbocycles. The quantitative estimate of drug-likeness (QED) is 0.615. The van der Waals surface area contributed by atoms with Crippen molar-refractivity contribution in [3.05, 3.63) is 0 Å². The first-order valence-corrected chi connectivity index (χ1v) is 4.12. The van der Waals surface area contributed by atoms with Crippen LogP contribution in [0.4, 0.5) is 8.78 Å². The Balaban J connectivity index is 2.28. The van der Waals surface area contributed by atoms with Crippen LogP contribution in [0.15, 0.2) is 0 Å². The van der Waals surface area contributed by atoms with Gasteiger partial charge in [-0.25, -0.2) is 8.78 Å². The summed E-state index contributed by atoms with van der Waals surface area (Å²) in [5, 5.41) is 0. The van der Waals surface area contributed by atoms with Crippen LogP contribution in [-0.4, -0.2) is 31.0 Å². The largest absolute Gasteiger partial charge is 0.306 e. The fourth-order valence-electron chi connectivity index (χ4n) is 1.30. The molecule has 1 atom stereocenters. The second-order valence-corrected chi connectivity index (χ2v) is 3.35. The molecule has 3 heteroatoms. The molecule has 66 valence electrons. The zero-order valence-corrected chi connectivity index (χ0v) is 7.11. The molecular formula is C8H15F2N. The van der Waals surface area contributed by atoms with Gasteiger partial charge in [-0.05, 0) is 20.0 Å².